The number of hydrogen-bond donors (Lipinski definition) is 0. The first-order chi connectivity index (χ1) is 15.9. The van der Waals surface area contributed by atoms with E-state index in [9.17, 15) is 13.6 Å². The first-order valence-electron chi connectivity index (χ1n) is 10.1. The van der Waals surface area contributed by atoms with E-state index in [2.05, 4.69) is 14.9 Å². The van der Waals surface area contributed by atoms with Gasteiger partial charge in [-0.2, -0.15) is 8.78 Å². The number of nitrogens with zero attached hydrogens (tertiary/aromatic N) is 4. The maximum Gasteiger partial charge on any atom is 0.387 e. The summed E-state index contributed by atoms with van der Waals surface area (Å²) < 4.78 is 42.4. The van der Waals surface area contributed by atoms with Crippen molar-refractivity contribution in [3.63, 3.8) is 0 Å². The Labute approximate surface area is 193 Å². The average molecular weight is 477 g/mol. The summed E-state index contributed by atoms with van der Waals surface area (Å²) in [4.78, 5) is 14.1. The summed E-state index contributed by atoms with van der Waals surface area (Å²) in [6.07, 6.45) is -0.401. The van der Waals surface area contributed by atoms with Crippen LogP contribution in [0.1, 0.15) is 17.5 Å². The molecule has 1 unspecified atom stereocenters. The minimum Gasteiger partial charge on any atom is -0.485 e. The third-order valence-corrected chi connectivity index (χ3v) is 5.99. The van der Waals surface area contributed by atoms with Crippen LogP contribution in [0.5, 0.6) is 17.2 Å². The van der Waals surface area contributed by atoms with Gasteiger partial charge in [0.25, 0.3) is 0 Å². The minimum atomic E-state index is -2.87. The van der Waals surface area contributed by atoms with Crippen LogP contribution in [0.3, 0.4) is 0 Å². The van der Waals surface area contributed by atoms with E-state index < -0.39 is 12.7 Å². The molecule has 1 aliphatic rings. The quantitative estimate of drug-likeness (QED) is 0.459. The zero-order valence-corrected chi connectivity index (χ0v) is 18.8. The lowest BCUT2D eigenvalue weighted by molar-refractivity contribution is -0.127. The van der Waals surface area contributed by atoms with Crippen molar-refractivity contribution in [2.75, 3.05) is 19.4 Å². The van der Waals surface area contributed by atoms with E-state index in [4.69, 9.17) is 9.47 Å². The van der Waals surface area contributed by atoms with E-state index in [-0.39, 0.29) is 17.4 Å². The van der Waals surface area contributed by atoms with Crippen LogP contribution >= 0.6 is 11.8 Å². The summed E-state index contributed by atoms with van der Waals surface area (Å²) in [5.74, 6) is 2.08. The number of benzene rings is 2. The molecule has 1 aliphatic heterocycles. The van der Waals surface area contributed by atoms with Gasteiger partial charge in [-0.15, -0.1) is 10.2 Å². The molecule has 4 rings (SSSR count). The molecule has 0 spiro atoms. The number of halogens is 2. The van der Waals surface area contributed by atoms with E-state index in [1.54, 1.807) is 28.6 Å². The molecule has 0 bridgehead atoms. The molecular formula is C22H22F2N4O4S. The van der Waals surface area contributed by atoms with Crippen molar-refractivity contribution in [1.29, 1.82) is 0 Å². The number of para-hydroxylation sites is 2. The van der Waals surface area contributed by atoms with Gasteiger partial charge in [-0.1, -0.05) is 36.0 Å². The molecule has 174 valence electrons. The van der Waals surface area contributed by atoms with E-state index >= 15 is 0 Å². The molecule has 1 aromatic heterocycles. The summed E-state index contributed by atoms with van der Waals surface area (Å²) >= 11 is 1.27. The number of alkyl halides is 2. The fourth-order valence-electron chi connectivity index (χ4n) is 3.25. The normalized spacial score (nSPS) is 14.9. The number of amides is 1. The topological polar surface area (TPSA) is 78.7 Å². The first-order valence-corrected chi connectivity index (χ1v) is 11.1. The predicted molar refractivity (Wildman–Crippen MR) is 117 cm³/mol. The number of carbonyl (C=O) groups is 1. The maximum atomic E-state index is 12.6. The number of hydrogen-bond acceptors (Lipinski definition) is 7. The van der Waals surface area contributed by atoms with Crippen LogP contribution in [0.15, 0.2) is 53.7 Å². The highest BCUT2D eigenvalue weighted by Crippen LogP contribution is 2.35. The van der Waals surface area contributed by atoms with Gasteiger partial charge in [-0.25, -0.2) is 0 Å². The van der Waals surface area contributed by atoms with Gasteiger partial charge in [0, 0.05) is 20.6 Å². The van der Waals surface area contributed by atoms with Crippen LogP contribution in [0.2, 0.25) is 0 Å². The highest BCUT2D eigenvalue weighted by molar-refractivity contribution is 7.99. The molecule has 0 fully saturated rings. The number of fused-ring (bicyclic) bond motifs is 1. The van der Waals surface area contributed by atoms with Crippen molar-refractivity contribution in [1.82, 2.24) is 19.7 Å². The van der Waals surface area contributed by atoms with E-state index in [1.165, 1.54) is 23.9 Å². The van der Waals surface area contributed by atoms with Gasteiger partial charge in [0.15, 0.2) is 28.6 Å². The zero-order valence-electron chi connectivity index (χ0n) is 18.0. The van der Waals surface area contributed by atoms with E-state index in [0.717, 1.165) is 5.56 Å². The Balaban J connectivity index is 1.31. The van der Waals surface area contributed by atoms with Crippen molar-refractivity contribution < 1.29 is 27.8 Å². The molecule has 1 amide bonds. The van der Waals surface area contributed by atoms with Crippen LogP contribution in [0, 0.1) is 0 Å². The summed E-state index contributed by atoms with van der Waals surface area (Å²) in [5.41, 5.74) is 0.799. The largest absolute Gasteiger partial charge is 0.485 e. The molecule has 0 saturated carbocycles. The van der Waals surface area contributed by atoms with Gasteiger partial charge in [-0.05, 0) is 29.8 Å². The van der Waals surface area contributed by atoms with Crippen LogP contribution < -0.4 is 14.2 Å². The molecule has 0 radical (unpaired) electrons. The number of rotatable bonds is 8. The molecule has 2 aromatic carbocycles. The molecule has 3 aromatic rings. The molecule has 8 nitrogen and oxygen atoms in total. The Bertz CT molecular complexity index is 1110. The Morgan fingerprint density at radius 3 is 2.67 bits per heavy atom. The molecule has 33 heavy (non-hydrogen) atoms. The SMILES string of the molecule is CN(Cc1ccc(OC(F)F)cc1)C(=O)CSc1nnc(C2COc3ccccc3O2)n1C. The third-order valence-electron chi connectivity index (χ3n) is 4.98. The van der Waals surface area contributed by atoms with Crippen molar-refractivity contribution in [2.24, 2.45) is 7.05 Å². The Morgan fingerprint density at radius 1 is 1.21 bits per heavy atom. The smallest absolute Gasteiger partial charge is 0.387 e. The summed E-state index contributed by atoms with van der Waals surface area (Å²) in [6.45, 7) is -2.21. The Morgan fingerprint density at radius 2 is 1.94 bits per heavy atom. The number of ether oxygens (including phenoxy) is 3. The van der Waals surface area contributed by atoms with Gasteiger partial charge < -0.3 is 23.7 Å². The van der Waals surface area contributed by atoms with Gasteiger partial charge in [0.1, 0.15) is 12.4 Å². The Kier molecular flexibility index (Phi) is 6.97. The predicted octanol–water partition coefficient (Wildman–Crippen LogP) is 3.68. The average Bonchev–Trinajstić information content (AvgIpc) is 3.18. The lowest BCUT2D eigenvalue weighted by Crippen LogP contribution is -2.28. The summed E-state index contributed by atoms with van der Waals surface area (Å²) in [7, 11) is 3.50. The number of carbonyl (C=O) groups excluding carboxylic acids is 1. The molecule has 0 aliphatic carbocycles. The lowest BCUT2D eigenvalue weighted by atomic mass is 10.2. The van der Waals surface area contributed by atoms with Gasteiger partial charge in [0.05, 0.1) is 5.75 Å². The standard InChI is InChI=1S/C22H22F2N4O4S/c1-27(11-14-7-9-15(10-8-14)31-21(23)24)19(29)13-33-22-26-25-20(28(22)2)18-12-30-16-5-3-4-6-17(16)32-18/h3-10,18,21H,11-13H2,1-2H3. The van der Waals surface area contributed by atoms with Gasteiger partial charge in [-0.3, -0.25) is 4.79 Å². The highest BCUT2D eigenvalue weighted by atomic mass is 32.2. The number of aromatic nitrogens is 3. The molecule has 0 saturated heterocycles. The van der Waals surface area contributed by atoms with Crippen molar-refractivity contribution in [3.8, 4) is 17.2 Å². The van der Waals surface area contributed by atoms with Crippen LogP contribution in [0.4, 0.5) is 8.78 Å². The van der Waals surface area contributed by atoms with Crippen LogP contribution in [-0.2, 0) is 18.4 Å². The minimum absolute atomic E-state index is 0.0761. The fourth-order valence-corrected chi connectivity index (χ4v) is 4.11. The molecule has 1 atom stereocenters. The summed E-state index contributed by atoms with van der Waals surface area (Å²) in [5, 5.41) is 9.00. The van der Waals surface area contributed by atoms with Crippen LogP contribution in [0.25, 0.3) is 0 Å². The van der Waals surface area contributed by atoms with Crippen LogP contribution in [-0.4, -0.2) is 51.6 Å². The van der Waals surface area contributed by atoms with Crippen molar-refractivity contribution in [2.45, 2.75) is 24.4 Å². The summed E-state index contributed by atoms with van der Waals surface area (Å²) in [6, 6.07) is 13.6. The number of thioether (sulfide) groups is 1. The highest BCUT2D eigenvalue weighted by Gasteiger charge is 2.27. The third kappa shape index (κ3) is 5.54. The van der Waals surface area contributed by atoms with Gasteiger partial charge >= 0.3 is 6.61 Å². The zero-order chi connectivity index (χ0) is 23.4. The van der Waals surface area contributed by atoms with Crippen molar-refractivity contribution >= 4 is 17.7 Å². The maximum absolute atomic E-state index is 12.6. The monoisotopic (exact) mass is 476 g/mol. The second-order valence-corrected chi connectivity index (χ2v) is 8.27. The fraction of sp³-hybridized carbons (Fsp3) is 0.318. The van der Waals surface area contributed by atoms with E-state index in [1.807, 2.05) is 31.3 Å². The molecule has 0 N–H and O–H groups in total. The first kappa shape index (κ1) is 22.8. The second kappa shape index (κ2) is 10.1. The molecule has 11 heteroatoms. The van der Waals surface area contributed by atoms with Gasteiger partial charge in [0.2, 0.25) is 5.91 Å². The molecule has 2 heterocycles. The second-order valence-electron chi connectivity index (χ2n) is 7.32. The van der Waals surface area contributed by atoms with Crippen molar-refractivity contribution in [3.05, 3.63) is 59.9 Å². The molecular weight excluding hydrogens is 454 g/mol. The Hall–Kier alpha value is -3.34. The van der Waals surface area contributed by atoms with E-state index in [0.29, 0.717) is 35.6 Å². The lowest BCUT2D eigenvalue weighted by Gasteiger charge is -2.25.